The zero-order chi connectivity index (χ0) is 23.4. The van der Waals surface area contributed by atoms with Crippen molar-refractivity contribution in [1.29, 1.82) is 0 Å². The number of hydrogen-bond donors (Lipinski definition) is 0. The third-order valence-corrected chi connectivity index (χ3v) is 6.37. The van der Waals surface area contributed by atoms with Gasteiger partial charge in [0.05, 0.1) is 17.7 Å². The first kappa shape index (κ1) is 23.0. The molecule has 33 heavy (non-hydrogen) atoms. The lowest BCUT2D eigenvalue weighted by atomic mass is 10.2. The van der Waals surface area contributed by atoms with E-state index in [-0.39, 0.29) is 5.91 Å². The standard InChI is InChI=1S/C26H23ClN2O3S/c1-17-4-11-21(12-5-17)28-26-29(2)25(30)24(33-26)15-19-8-13-22(23(14-19)31-3)32-16-18-6-9-20(27)10-7-18/h4-15H,16H2,1-3H3/b24-15+,28-26?. The molecule has 1 saturated heterocycles. The number of amides is 1. The Kier molecular flexibility index (Phi) is 7.06. The highest BCUT2D eigenvalue weighted by molar-refractivity contribution is 8.18. The van der Waals surface area contributed by atoms with Crippen LogP contribution in [0.5, 0.6) is 11.5 Å². The molecule has 1 aliphatic rings. The highest BCUT2D eigenvalue weighted by Gasteiger charge is 2.30. The summed E-state index contributed by atoms with van der Waals surface area (Å²) in [4.78, 5) is 19.5. The Balaban J connectivity index is 1.51. The van der Waals surface area contributed by atoms with Gasteiger partial charge in [0.15, 0.2) is 16.7 Å². The second-order valence-corrected chi connectivity index (χ2v) is 8.98. The molecule has 1 fully saturated rings. The predicted octanol–water partition coefficient (Wildman–Crippen LogP) is 6.47. The van der Waals surface area contributed by atoms with Crippen molar-refractivity contribution in [3.8, 4) is 11.5 Å². The lowest BCUT2D eigenvalue weighted by molar-refractivity contribution is -0.121. The molecule has 0 atom stereocenters. The zero-order valence-electron chi connectivity index (χ0n) is 18.5. The second-order valence-electron chi connectivity index (χ2n) is 7.53. The first-order valence-corrected chi connectivity index (χ1v) is 11.5. The summed E-state index contributed by atoms with van der Waals surface area (Å²) in [7, 11) is 3.33. The van der Waals surface area contributed by atoms with Gasteiger partial charge in [0.25, 0.3) is 5.91 Å². The highest BCUT2D eigenvalue weighted by Crippen LogP contribution is 2.35. The number of halogens is 1. The quantitative estimate of drug-likeness (QED) is 0.381. The van der Waals surface area contributed by atoms with Crippen LogP contribution in [0.15, 0.2) is 76.6 Å². The summed E-state index contributed by atoms with van der Waals surface area (Å²) in [6, 6.07) is 21.0. The van der Waals surface area contributed by atoms with Crippen LogP contribution in [0.2, 0.25) is 5.02 Å². The highest BCUT2D eigenvalue weighted by atomic mass is 35.5. The molecule has 3 aromatic carbocycles. The van der Waals surface area contributed by atoms with Crippen molar-refractivity contribution in [3.63, 3.8) is 0 Å². The van der Waals surface area contributed by atoms with Crippen molar-refractivity contribution < 1.29 is 14.3 Å². The SMILES string of the molecule is COc1cc(/C=C2/SC(=Nc3ccc(C)cc3)N(C)C2=O)ccc1OCc1ccc(Cl)cc1. The lowest BCUT2D eigenvalue weighted by Gasteiger charge is -2.11. The van der Waals surface area contributed by atoms with Gasteiger partial charge >= 0.3 is 0 Å². The summed E-state index contributed by atoms with van der Waals surface area (Å²) in [6.45, 7) is 2.42. The molecule has 0 radical (unpaired) electrons. The minimum absolute atomic E-state index is 0.0899. The molecule has 0 N–H and O–H groups in total. The molecular formula is C26H23ClN2O3S. The minimum Gasteiger partial charge on any atom is -0.493 e. The fraction of sp³-hybridized carbons (Fsp3) is 0.154. The zero-order valence-corrected chi connectivity index (χ0v) is 20.1. The van der Waals surface area contributed by atoms with E-state index in [0.717, 1.165) is 22.4 Å². The fourth-order valence-corrected chi connectivity index (χ4v) is 4.28. The van der Waals surface area contributed by atoms with Crippen LogP contribution in [0.4, 0.5) is 5.69 Å². The third-order valence-electron chi connectivity index (χ3n) is 5.06. The van der Waals surface area contributed by atoms with Crippen molar-refractivity contribution in [1.82, 2.24) is 4.90 Å². The number of rotatable bonds is 6. The number of carbonyl (C=O) groups is 1. The number of methoxy groups -OCH3 is 1. The van der Waals surface area contributed by atoms with Gasteiger partial charge in [-0.15, -0.1) is 0 Å². The number of thioether (sulfide) groups is 1. The number of carbonyl (C=O) groups excluding carboxylic acids is 1. The Morgan fingerprint density at radius 2 is 1.76 bits per heavy atom. The summed E-state index contributed by atoms with van der Waals surface area (Å²) in [5.41, 5.74) is 3.82. The number of amidine groups is 1. The normalized spacial score (nSPS) is 16.0. The van der Waals surface area contributed by atoms with Crippen LogP contribution in [-0.4, -0.2) is 30.1 Å². The van der Waals surface area contributed by atoms with Crippen LogP contribution in [0.25, 0.3) is 6.08 Å². The van der Waals surface area contributed by atoms with E-state index in [1.807, 2.05) is 79.7 Å². The second kappa shape index (κ2) is 10.1. The maximum absolute atomic E-state index is 12.8. The molecule has 168 valence electrons. The van der Waals surface area contributed by atoms with Crippen molar-refractivity contribution in [2.45, 2.75) is 13.5 Å². The molecular weight excluding hydrogens is 456 g/mol. The van der Waals surface area contributed by atoms with Gasteiger partial charge in [-0.3, -0.25) is 9.69 Å². The summed E-state index contributed by atoms with van der Waals surface area (Å²) in [5.74, 6) is 1.13. The average molecular weight is 479 g/mol. The number of hydrogen-bond acceptors (Lipinski definition) is 5. The molecule has 0 spiro atoms. The Morgan fingerprint density at radius 1 is 1.03 bits per heavy atom. The largest absolute Gasteiger partial charge is 0.493 e. The summed E-state index contributed by atoms with van der Waals surface area (Å²) in [6.07, 6.45) is 1.84. The maximum atomic E-state index is 12.8. The molecule has 1 aliphatic heterocycles. The van der Waals surface area contributed by atoms with Gasteiger partial charge in [-0.05, 0) is 72.3 Å². The van der Waals surface area contributed by atoms with Crippen LogP contribution in [-0.2, 0) is 11.4 Å². The van der Waals surface area contributed by atoms with Crippen LogP contribution < -0.4 is 9.47 Å². The van der Waals surface area contributed by atoms with Crippen molar-refractivity contribution in [3.05, 3.63) is 93.3 Å². The van der Waals surface area contributed by atoms with Gasteiger partial charge in [0.2, 0.25) is 0 Å². The summed E-state index contributed by atoms with van der Waals surface area (Å²) in [5, 5.41) is 1.33. The van der Waals surface area contributed by atoms with Gasteiger partial charge in [-0.25, -0.2) is 4.99 Å². The first-order chi connectivity index (χ1) is 15.9. The predicted molar refractivity (Wildman–Crippen MR) is 135 cm³/mol. The van der Waals surface area contributed by atoms with Gasteiger partial charge in [-0.2, -0.15) is 0 Å². The molecule has 4 rings (SSSR count). The number of nitrogens with zero attached hydrogens (tertiary/aromatic N) is 2. The van der Waals surface area contributed by atoms with Crippen molar-refractivity contribution in [2.24, 2.45) is 4.99 Å². The number of aryl methyl sites for hydroxylation is 1. The fourth-order valence-electron chi connectivity index (χ4n) is 3.17. The molecule has 0 bridgehead atoms. The van der Waals surface area contributed by atoms with E-state index in [2.05, 4.69) is 4.99 Å². The van der Waals surface area contributed by atoms with Gasteiger partial charge in [0, 0.05) is 12.1 Å². The Labute approximate surface area is 202 Å². The van der Waals surface area contributed by atoms with E-state index >= 15 is 0 Å². The van der Waals surface area contributed by atoms with Gasteiger partial charge in [0.1, 0.15) is 6.61 Å². The third kappa shape index (κ3) is 5.59. The molecule has 0 saturated carbocycles. The van der Waals surface area contributed by atoms with E-state index in [1.165, 1.54) is 11.8 Å². The molecule has 0 aromatic heterocycles. The topological polar surface area (TPSA) is 51.1 Å². The van der Waals surface area contributed by atoms with E-state index < -0.39 is 0 Å². The Bertz CT molecular complexity index is 1220. The molecule has 5 nitrogen and oxygen atoms in total. The smallest absolute Gasteiger partial charge is 0.266 e. The van der Waals surface area contributed by atoms with E-state index in [0.29, 0.717) is 33.2 Å². The van der Waals surface area contributed by atoms with Gasteiger partial charge in [-0.1, -0.05) is 47.5 Å². The van der Waals surface area contributed by atoms with Crippen LogP contribution >= 0.6 is 23.4 Å². The molecule has 0 aliphatic carbocycles. The van der Waals surface area contributed by atoms with Crippen LogP contribution in [0.1, 0.15) is 16.7 Å². The monoisotopic (exact) mass is 478 g/mol. The van der Waals surface area contributed by atoms with Crippen LogP contribution in [0, 0.1) is 6.92 Å². The molecule has 3 aromatic rings. The lowest BCUT2D eigenvalue weighted by Crippen LogP contribution is -2.23. The van der Waals surface area contributed by atoms with E-state index in [9.17, 15) is 4.79 Å². The maximum Gasteiger partial charge on any atom is 0.266 e. The Morgan fingerprint density at radius 3 is 2.45 bits per heavy atom. The number of benzene rings is 3. The first-order valence-electron chi connectivity index (χ1n) is 10.3. The average Bonchev–Trinajstić information content (AvgIpc) is 3.08. The molecule has 1 amide bonds. The van der Waals surface area contributed by atoms with E-state index in [4.69, 9.17) is 21.1 Å². The van der Waals surface area contributed by atoms with E-state index in [1.54, 1.807) is 19.1 Å². The summed E-state index contributed by atoms with van der Waals surface area (Å²) >= 11 is 7.29. The molecule has 0 unspecified atom stereocenters. The number of ether oxygens (including phenoxy) is 2. The molecule has 7 heteroatoms. The van der Waals surface area contributed by atoms with Crippen molar-refractivity contribution >= 4 is 46.2 Å². The van der Waals surface area contributed by atoms with Gasteiger partial charge < -0.3 is 9.47 Å². The minimum atomic E-state index is -0.0899. The summed E-state index contributed by atoms with van der Waals surface area (Å²) < 4.78 is 11.4. The van der Waals surface area contributed by atoms with Crippen molar-refractivity contribution in [2.75, 3.05) is 14.2 Å². The Hall–Kier alpha value is -3.22. The number of aliphatic imine (C=N–C) groups is 1. The number of likely N-dealkylation sites (N-methyl/N-ethyl adjacent to an activating group) is 1. The van der Waals surface area contributed by atoms with Crippen LogP contribution in [0.3, 0.4) is 0 Å². The molecule has 1 heterocycles.